The zero-order valence-corrected chi connectivity index (χ0v) is 12.2. The molecule has 0 aromatic heterocycles. The van der Waals surface area contributed by atoms with E-state index in [1.807, 2.05) is 11.8 Å². The van der Waals surface area contributed by atoms with E-state index in [9.17, 15) is 4.79 Å². The molecule has 0 aromatic carbocycles. The van der Waals surface area contributed by atoms with Gasteiger partial charge in [0.05, 0.1) is 19.3 Å². The quantitative estimate of drug-likeness (QED) is 0.798. The summed E-state index contributed by atoms with van der Waals surface area (Å²) < 4.78 is 5.30. The molecule has 0 radical (unpaired) electrons. The fraction of sp³-hybridized carbons (Fsp3) is 0.929. The van der Waals surface area contributed by atoms with E-state index in [0.29, 0.717) is 19.3 Å². The summed E-state index contributed by atoms with van der Waals surface area (Å²) in [5, 5.41) is 3.50. The number of amides is 1. The number of carbonyl (C=O) groups excluding carboxylic acids is 1. The number of ether oxygens (including phenoxy) is 1. The van der Waals surface area contributed by atoms with Crippen molar-refractivity contribution < 1.29 is 9.53 Å². The first kappa shape index (κ1) is 14.8. The van der Waals surface area contributed by atoms with E-state index in [4.69, 9.17) is 4.74 Å². The number of piperidine rings is 1. The van der Waals surface area contributed by atoms with Crippen molar-refractivity contribution >= 4 is 5.91 Å². The van der Waals surface area contributed by atoms with E-state index in [1.165, 1.54) is 0 Å². The van der Waals surface area contributed by atoms with Gasteiger partial charge in [-0.1, -0.05) is 6.92 Å². The molecule has 5 heteroatoms. The Labute approximate surface area is 116 Å². The summed E-state index contributed by atoms with van der Waals surface area (Å²) in [6.45, 7) is 10.1. The molecule has 0 saturated carbocycles. The largest absolute Gasteiger partial charge is 0.378 e. The average Bonchev–Trinajstić information content (AvgIpc) is 2.48. The van der Waals surface area contributed by atoms with E-state index >= 15 is 0 Å². The monoisotopic (exact) mass is 269 g/mol. The second-order valence-electron chi connectivity index (χ2n) is 5.48. The van der Waals surface area contributed by atoms with Crippen LogP contribution in [0.15, 0.2) is 0 Å². The number of likely N-dealkylation sites (tertiary alicyclic amines) is 1. The van der Waals surface area contributed by atoms with Gasteiger partial charge in [0.2, 0.25) is 5.91 Å². The van der Waals surface area contributed by atoms with Crippen molar-refractivity contribution in [2.75, 3.05) is 45.9 Å². The van der Waals surface area contributed by atoms with Gasteiger partial charge < -0.3 is 15.0 Å². The van der Waals surface area contributed by atoms with Crippen molar-refractivity contribution in [3.63, 3.8) is 0 Å². The molecule has 0 aliphatic carbocycles. The van der Waals surface area contributed by atoms with Crippen LogP contribution in [0.2, 0.25) is 0 Å². The smallest absolute Gasteiger partial charge is 0.239 e. The lowest BCUT2D eigenvalue weighted by atomic mass is 10.0. The molecule has 110 valence electrons. The zero-order valence-electron chi connectivity index (χ0n) is 12.2. The first-order chi connectivity index (χ1) is 9.22. The van der Waals surface area contributed by atoms with Crippen LogP contribution in [0.25, 0.3) is 0 Å². The van der Waals surface area contributed by atoms with Crippen molar-refractivity contribution in [1.29, 1.82) is 0 Å². The maximum atomic E-state index is 12.4. The van der Waals surface area contributed by atoms with E-state index in [-0.39, 0.29) is 11.9 Å². The minimum Gasteiger partial charge on any atom is -0.378 e. The third-order valence-corrected chi connectivity index (χ3v) is 4.25. The van der Waals surface area contributed by atoms with Crippen molar-refractivity contribution in [1.82, 2.24) is 15.1 Å². The summed E-state index contributed by atoms with van der Waals surface area (Å²) in [5.41, 5.74) is 0. The molecular formula is C14H27N3O2. The topological polar surface area (TPSA) is 44.8 Å². The number of carbonyl (C=O) groups is 1. The van der Waals surface area contributed by atoms with Gasteiger partial charge in [0, 0.05) is 32.2 Å². The Balaban J connectivity index is 1.79. The number of hydrogen-bond donors (Lipinski definition) is 1. The van der Waals surface area contributed by atoms with Crippen LogP contribution in [0.4, 0.5) is 0 Å². The minimum absolute atomic E-state index is 0.0145. The molecule has 1 atom stereocenters. The maximum absolute atomic E-state index is 12.4. The Bertz CT molecular complexity index is 284. The van der Waals surface area contributed by atoms with E-state index in [1.54, 1.807) is 0 Å². The van der Waals surface area contributed by atoms with Gasteiger partial charge in [-0.3, -0.25) is 9.69 Å². The highest BCUT2D eigenvalue weighted by Crippen LogP contribution is 2.15. The lowest BCUT2D eigenvalue weighted by molar-refractivity contribution is -0.141. The molecule has 1 amide bonds. The third-order valence-electron chi connectivity index (χ3n) is 4.25. The highest BCUT2D eigenvalue weighted by atomic mass is 16.5. The SMILES string of the molecule is CCNC1CCN(C(C)C(=O)N2CCOCC2)CC1. The Morgan fingerprint density at radius 2 is 1.89 bits per heavy atom. The van der Waals surface area contributed by atoms with Crippen molar-refractivity contribution in [3.8, 4) is 0 Å². The molecule has 2 saturated heterocycles. The molecule has 2 rings (SSSR count). The van der Waals surface area contributed by atoms with E-state index < -0.39 is 0 Å². The average molecular weight is 269 g/mol. The molecule has 1 N–H and O–H groups in total. The minimum atomic E-state index is 0.0145. The van der Waals surface area contributed by atoms with Crippen LogP contribution in [-0.2, 0) is 9.53 Å². The molecule has 2 aliphatic rings. The molecule has 1 unspecified atom stereocenters. The summed E-state index contributed by atoms with van der Waals surface area (Å²) in [7, 11) is 0. The molecule has 2 fully saturated rings. The number of rotatable bonds is 4. The molecule has 5 nitrogen and oxygen atoms in total. The van der Waals surface area contributed by atoms with Gasteiger partial charge in [-0.05, 0) is 26.3 Å². The van der Waals surface area contributed by atoms with Gasteiger partial charge in [-0.15, -0.1) is 0 Å². The predicted molar refractivity (Wildman–Crippen MR) is 75.1 cm³/mol. The van der Waals surface area contributed by atoms with Crippen molar-refractivity contribution in [2.45, 2.75) is 38.8 Å². The molecule has 2 aliphatic heterocycles. The van der Waals surface area contributed by atoms with Crippen LogP contribution in [0.3, 0.4) is 0 Å². The number of morpholine rings is 1. The summed E-state index contributed by atoms with van der Waals surface area (Å²) in [6.07, 6.45) is 2.29. The van der Waals surface area contributed by atoms with Crippen LogP contribution < -0.4 is 5.32 Å². The standard InChI is InChI=1S/C14H27N3O2/c1-3-15-13-4-6-16(7-5-13)12(2)14(18)17-8-10-19-11-9-17/h12-13,15H,3-11H2,1-2H3. The molecular weight excluding hydrogens is 242 g/mol. The Morgan fingerprint density at radius 3 is 2.47 bits per heavy atom. The highest BCUT2D eigenvalue weighted by Gasteiger charge is 2.29. The first-order valence-corrected chi connectivity index (χ1v) is 7.56. The van der Waals surface area contributed by atoms with Gasteiger partial charge in [0.1, 0.15) is 0 Å². The van der Waals surface area contributed by atoms with Crippen LogP contribution in [-0.4, -0.2) is 73.7 Å². The van der Waals surface area contributed by atoms with Crippen molar-refractivity contribution in [2.24, 2.45) is 0 Å². The molecule has 0 spiro atoms. The third kappa shape index (κ3) is 3.91. The number of nitrogens with zero attached hydrogens (tertiary/aromatic N) is 2. The van der Waals surface area contributed by atoms with Crippen LogP contribution in [0, 0.1) is 0 Å². The fourth-order valence-corrected chi connectivity index (χ4v) is 2.98. The van der Waals surface area contributed by atoms with Gasteiger partial charge in [-0.25, -0.2) is 0 Å². The first-order valence-electron chi connectivity index (χ1n) is 7.56. The molecule has 0 aromatic rings. The lowest BCUT2D eigenvalue weighted by Gasteiger charge is -2.38. The normalized spacial score (nSPS) is 24.4. The summed E-state index contributed by atoms with van der Waals surface area (Å²) in [5.74, 6) is 0.269. The van der Waals surface area contributed by atoms with Gasteiger partial charge >= 0.3 is 0 Å². The number of nitrogens with one attached hydrogen (secondary N) is 1. The summed E-state index contributed by atoms with van der Waals surface area (Å²) >= 11 is 0. The van der Waals surface area contributed by atoms with Gasteiger partial charge in [-0.2, -0.15) is 0 Å². The summed E-state index contributed by atoms with van der Waals surface area (Å²) in [4.78, 5) is 16.7. The Hall–Kier alpha value is -0.650. The fourth-order valence-electron chi connectivity index (χ4n) is 2.98. The van der Waals surface area contributed by atoms with Crippen LogP contribution >= 0.6 is 0 Å². The Morgan fingerprint density at radius 1 is 1.26 bits per heavy atom. The number of hydrogen-bond acceptors (Lipinski definition) is 4. The second-order valence-corrected chi connectivity index (χ2v) is 5.48. The molecule has 19 heavy (non-hydrogen) atoms. The second kappa shape index (κ2) is 7.22. The molecule has 2 heterocycles. The molecule has 0 bridgehead atoms. The van der Waals surface area contributed by atoms with Gasteiger partial charge in [0.25, 0.3) is 0 Å². The van der Waals surface area contributed by atoms with Crippen LogP contribution in [0.1, 0.15) is 26.7 Å². The zero-order chi connectivity index (χ0) is 13.7. The van der Waals surface area contributed by atoms with Crippen molar-refractivity contribution in [3.05, 3.63) is 0 Å². The van der Waals surface area contributed by atoms with E-state index in [2.05, 4.69) is 17.1 Å². The maximum Gasteiger partial charge on any atom is 0.239 e. The highest BCUT2D eigenvalue weighted by molar-refractivity contribution is 5.81. The lowest BCUT2D eigenvalue weighted by Crippen LogP contribution is -2.53. The van der Waals surface area contributed by atoms with E-state index in [0.717, 1.165) is 45.6 Å². The summed E-state index contributed by atoms with van der Waals surface area (Å²) in [6, 6.07) is 0.646. The predicted octanol–water partition coefficient (Wildman–Crippen LogP) is 0.308. The Kier molecular flexibility index (Phi) is 5.60. The van der Waals surface area contributed by atoms with Gasteiger partial charge in [0.15, 0.2) is 0 Å². The van der Waals surface area contributed by atoms with Crippen LogP contribution in [0.5, 0.6) is 0 Å².